The normalized spacial score (nSPS) is 37.3. The second-order valence-corrected chi connectivity index (χ2v) is 7.71. The minimum absolute atomic E-state index is 0.0493. The zero-order valence-electron chi connectivity index (χ0n) is 13.9. The Morgan fingerprint density at radius 3 is 2.92 bits per heavy atom. The molecule has 2 saturated carbocycles. The maximum absolute atomic E-state index is 14.3. The van der Waals surface area contributed by atoms with Crippen LogP contribution in [0.15, 0.2) is 12.1 Å². The van der Waals surface area contributed by atoms with Crippen molar-refractivity contribution in [2.45, 2.75) is 57.5 Å². The van der Waals surface area contributed by atoms with E-state index in [1.54, 1.807) is 6.07 Å². The molecule has 0 aromatic heterocycles. The van der Waals surface area contributed by atoms with Crippen LogP contribution in [0.3, 0.4) is 0 Å². The summed E-state index contributed by atoms with van der Waals surface area (Å²) in [5.74, 6) is 0.600. The first-order valence-corrected chi connectivity index (χ1v) is 8.96. The van der Waals surface area contributed by atoms with Gasteiger partial charge in [-0.3, -0.25) is 4.79 Å². The fourth-order valence-electron chi connectivity index (χ4n) is 5.87. The number of carbonyl (C=O) groups is 1. The van der Waals surface area contributed by atoms with Crippen molar-refractivity contribution in [1.82, 2.24) is 0 Å². The molecule has 3 nitrogen and oxygen atoms in total. The zero-order valence-corrected chi connectivity index (χ0v) is 13.9. The Morgan fingerprint density at radius 2 is 2.21 bits per heavy atom. The number of Topliss-reactive ketones (excluding diaryl/α,β-unsaturated/α-hetero) is 1. The molecule has 0 aliphatic heterocycles. The molecule has 4 rings (SSSR count). The number of ketones is 1. The van der Waals surface area contributed by atoms with E-state index in [9.17, 15) is 19.6 Å². The van der Waals surface area contributed by atoms with Crippen molar-refractivity contribution in [3.63, 3.8) is 0 Å². The molecule has 3 aliphatic carbocycles. The Kier molecular flexibility index (Phi) is 3.46. The number of hydrogen-bond acceptors (Lipinski definition) is 3. The molecule has 0 saturated heterocycles. The average Bonchev–Trinajstić information content (AvgIpc) is 2.85. The number of rotatable bonds is 1. The van der Waals surface area contributed by atoms with Crippen LogP contribution < -0.4 is 0 Å². The third-order valence-electron chi connectivity index (χ3n) is 7.04. The van der Waals surface area contributed by atoms with Crippen LogP contribution in [0.5, 0.6) is 5.75 Å². The van der Waals surface area contributed by atoms with Crippen molar-refractivity contribution >= 4 is 5.78 Å². The van der Waals surface area contributed by atoms with E-state index >= 15 is 0 Å². The largest absolute Gasteiger partial charge is 0.507 e. The maximum Gasteiger partial charge on any atom is 0.173 e. The molecular weight excluding hydrogens is 305 g/mol. The maximum atomic E-state index is 14.3. The van der Waals surface area contributed by atoms with E-state index < -0.39 is 11.6 Å². The van der Waals surface area contributed by atoms with E-state index in [1.807, 2.05) is 13.0 Å². The summed E-state index contributed by atoms with van der Waals surface area (Å²) in [6.45, 7) is 2.02. The fourth-order valence-corrected chi connectivity index (χ4v) is 5.87. The lowest BCUT2D eigenvalue weighted by molar-refractivity contribution is -0.134. The van der Waals surface area contributed by atoms with Gasteiger partial charge in [-0.15, -0.1) is 0 Å². The van der Waals surface area contributed by atoms with Gasteiger partial charge in [0.15, 0.2) is 12.0 Å². The van der Waals surface area contributed by atoms with E-state index in [0.29, 0.717) is 17.9 Å². The Morgan fingerprint density at radius 1 is 1.42 bits per heavy atom. The highest BCUT2D eigenvalue weighted by atomic mass is 19.1. The second kappa shape index (κ2) is 5.31. The standard InChI is InChI=1S/C20H22FNO2/c1-2-20-6-5-13-14(16(20)9-17(21)19(20)24)4-3-11-8-18(23)12(10-22)7-15(11)13/h7-8,13-14,16-17,23H,2-6,9H2,1H3/t13?,14?,16?,17-,20-/m0/s1. The van der Waals surface area contributed by atoms with Crippen LogP contribution in [0.4, 0.5) is 4.39 Å². The van der Waals surface area contributed by atoms with Crippen molar-refractivity contribution < 1.29 is 14.3 Å². The van der Waals surface area contributed by atoms with Gasteiger partial charge in [-0.2, -0.15) is 5.26 Å². The van der Waals surface area contributed by atoms with Gasteiger partial charge in [0.2, 0.25) is 0 Å². The average molecular weight is 327 g/mol. The molecule has 0 heterocycles. The Bertz CT molecular complexity index is 753. The van der Waals surface area contributed by atoms with Gasteiger partial charge < -0.3 is 5.11 Å². The van der Waals surface area contributed by atoms with Gasteiger partial charge in [0.1, 0.15) is 11.8 Å². The van der Waals surface area contributed by atoms with E-state index in [4.69, 9.17) is 0 Å². The number of benzene rings is 1. The van der Waals surface area contributed by atoms with Crippen LogP contribution in [0.1, 0.15) is 61.6 Å². The molecule has 0 spiro atoms. The Labute approximate surface area is 141 Å². The van der Waals surface area contributed by atoms with E-state index in [-0.39, 0.29) is 23.4 Å². The molecule has 126 valence electrons. The Balaban J connectivity index is 1.76. The number of nitriles is 1. The first-order valence-electron chi connectivity index (χ1n) is 8.96. The molecule has 1 aromatic rings. The van der Waals surface area contributed by atoms with Crippen molar-refractivity contribution in [3.05, 3.63) is 28.8 Å². The smallest absolute Gasteiger partial charge is 0.173 e. The van der Waals surface area contributed by atoms with Gasteiger partial charge in [-0.05, 0) is 79.5 Å². The van der Waals surface area contributed by atoms with Gasteiger partial charge in [-0.25, -0.2) is 4.39 Å². The quantitative estimate of drug-likeness (QED) is 0.847. The first kappa shape index (κ1) is 15.6. The monoisotopic (exact) mass is 327 g/mol. The zero-order chi connectivity index (χ0) is 17.1. The third-order valence-corrected chi connectivity index (χ3v) is 7.04. The molecule has 4 heteroatoms. The number of halogens is 1. The fraction of sp³-hybridized carbons (Fsp3) is 0.600. The molecular formula is C20H22FNO2. The summed E-state index contributed by atoms with van der Waals surface area (Å²) in [6.07, 6.45) is 3.18. The van der Waals surface area contributed by atoms with Gasteiger partial charge in [-0.1, -0.05) is 6.92 Å². The number of alkyl halides is 1. The summed E-state index contributed by atoms with van der Waals surface area (Å²) in [5, 5.41) is 19.2. The molecule has 24 heavy (non-hydrogen) atoms. The van der Waals surface area contributed by atoms with Crippen LogP contribution in [0.25, 0.3) is 0 Å². The van der Waals surface area contributed by atoms with Crippen LogP contribution in [0, 0.1) is 28.6 Å². The van der Waals surface area contributed by atoms with Crippen LogP contribution in [-0.4, -0.2) is 17.1 Å². The van der Waals surface area contributed by atoms with Crippen LogP contribution in [-0.2, 0) is 11.2 Å². The van der Waals surface area contributed by atoms with Gasteiger partial charge in [0.05, 0.1) is 5.56 Å². The van der Waals surface area contributed by atoms with Gasteiger partial charge >= 0.3 is 0 Å². The first-order chi connectivity index (χ1) is 11.5. The number of phenolic OH excluding ortho intramolecular Hbond substituents is 1. The number of hydrogen-bond donors (Lipinski definition) is 1. The van der Waals surface area contributed by atoms with Gasteiger partial charge in [0.25, 0.3) is 0 Å². The number of aromatic hydroxyl groups is 1. The second-order valence-electron chi connectivity index (χ2n) is 7.71. The summed E-state index contributed by atoms with van der Waals surface area (Å²) in [5.41, 5.74) is 2.10. The molecule has 0 radical (unpaired) electrons. The molecule has 0 bridgehead atoms. The van der Waals surface area contributed by atoms with Gasteiger partial charge in [0, 0.05) is 5.41 Å². The lowest BCUT2D eigenvalue weighted by atomic mass is 9.54. The van der Waals surface area contributed by atoms with E-state index in [0.717, 1.165) is 43.2 Å². The number of fused-ring (bicyclic) bond motifs is 5. The SMILES string of the molecule is CC[C@]12CCC3c4cc(C#N)c(O)cc4CCC3C1C[C@H](F)C2=O. The Hall–Kier alpha value is -1.89. The van der Waals surface area contributed by atoms with Crippen LogP contribution in [0.2, 0.25) is 0 Å². The summed E-state index contributed by atoms with van der Waals surface area (Å²) in [7, 11) is 0. The van der Waals surface area contributed by atoms with Crippen molar-refractivity contribution in [2.24, 2.45) is 17.3 Å². The topological polar surface area (TPSA) is 61.1 Å². The molecule has 1 aromatic carbocycles. The summed E-state index contributed by atoms with van der Waals surface area (Å²) < 4.78 is 14.3. The molecule has 3 unspecified atom stereocenters. The number of aryl methyl sites for hydroxylation is 1. The number of nitrogens with zero attached hydrogens (tertiary/aromatic N) is 1. The lowest BCUT2D eigenvalue weighted by Gasteiger charge is -2.49. The van der Waals surface area contributed by atoms with Crippen LogP contribution >= 0.6 is 0 Å². The highest BCUT2D eigenvalue weighted by Crippen LogP contribution is 2.61. The predicted octanol–water partition coefficient (Wildman–Crippen LogP) is 4.03. The molecule has 5 atom stereocenters. The van der Waals surface area contributed by atoms with Crippen molar-refractivity contribution in [2.75, 3.05) is 0 Å². The third kappa shape index (κ3) is 1.90. The summed E-state index contributed by atoms with van der Waals surface area (Å²) in [6, 6.07) is 5.61. The summed E-state index contributed by atoms with van der Waals surface area (Å²) >= 11 is 0. The highest BCUT2D eigenvalue weighted by Gasteiger charge is 2.60. The summed E-state index contributed by atoms with van der Waals surface area (Å²) in [4.78, 5) is 12.5. The molecule has 3 aliphatic rings. The highest BCUT2D eigenvalue weighted by molar-refractivity contribution is 5.91. The number of carbonyl (C=O) groups excluding carboxylic acids is 1. The van der Waals surface area contributed by atoms with Crippen molar-refractivity contribution in [3.8, 4) is 11.8 Å². The minimum Gasteiger partial charge on any atom is -0.507 e. The molecule has 1 N–H and O–H groups in total. The minimum atomic E-state index is -1.30. The predicted molar refractivity (Wildman–Crippen MR) is 87.3 cm³/mol. The lowest BCUT2D eigenvalue weighted by Crippen LogP contribution is -2.44. The van der Waals surface area contributed by atoms with E-state index in [1.165, 1.54) is 0 Å². The number of phenols is 1. The van der Waals surface area contributed by atoms with Crippen molar-refractivity contribution in [1.29, 1.82) is 5.26 Å². The van der Waals surface area contributed by atoms with E-state index in [2.05, 4.69) is 6.07 Å². The molecule has 2 fully saturated rings. The molecule has 0 amide bonds.